The van der Waals surface area contributed by atoms with Gasteiger partial charge in [0.2, 0.25) is 0 Å². The van der Waals surface area contributed by atoms with Crippen LogP contribution in [0.15, 0.2) is 65.2 Å². The number of nitrogens with one attached hydrogen (secondary N) is 1. The summed E-state index contributed by atoms with van der Waals surface area (Å²) in [4.78, 5) is 19.6. The summed E-state index contributed by atoms with van der Waals surface area (Å²) in [6.45, 7) is 1.26. The molecule has 8 nitrogen and oxygen atoms in total. The fourth-order valence-electron chi connectivity index (χ4n) is 4.43. The van der Waals surface area contributed by atoms with Crippen LogP contribution < -0.4 is 9.47 Å². The van der Waals surface area contributed by atoms with Gasteiger partial charge < -0.3 is 18.8 Å². The first kappa shape index (κ1) is 22.7. The summed E-state index contributed by atoms with van der Waals surface area (Å²) in [5.74, 6) is 3.07. The smallest absolute Gasteiger partial charge is 0.271 e. The van der Waals surface area contributed by atoms with E-state index in [0.29, 0.717) is 36.8 Å². The van der Waals surface area contributed by atoms with E-state index < -0.39 is 0 Å². The molecule has 1 atom stereocenters. The molecule has 1 aliphatic heterocycles. The van der Waals surface area contributed by atoms with Crippen LogP contribution in [0.3, 0.4) is 0 Å². The lowest BCUT2D eigenvalue weighted by molar-refractivity contribution is 0.0692. The number of amides is 1. The maximum atomic E-state index is 13.2. The Hall–Kier alpha value is -4.07. The normalized spacial score (nSPS) is 15.7. The Morgan fingerprint density at radius 3 is 2.74 bits per heavy atom. The van der Waals surface area contributed by atoms with Gasteiger partial charge in [-0.05, 0) is 48.7 Å². The van der Waals surface area contributed by atoms with E-state index in [2.05, 4.69) is 15.2 Å². The molecule has 1 N–H and O–H groups in total. The second-order valence-electron chi connectivity index (χ2n) is 8.68. The van der Waals surface area contributed by atoms with E-state index in [1.54, 1.807) is 26.5 Å². The number of oxazole rings is 1. The quantitative estimate of drug-likeness (QED) is 0.419. The summed E-state index contributed by atoms with van der Waals surface area (Å²) in [5.41, 5.74) is 3.19. The van der Waals surface area contributed by atoms with E-state index in [9.17, 15) is 4.79 Å². The first-order valence-electron chi connectivity index (χ1n) is 11.7. The Morgan fingerprint density at radius 1 is 1.11 bits per heavy atom. The first-order chi connectivity index (χ1) is 17.1. The maximum Gasteiger partial charge on any atom is 0.271 e. The molecule has 1 aliphatic rings. The van der Waals surface area contributed by atoms with Gasteiger partial charge >= 0.3 is 0 Å². The Balaban J connectivity index is 1.24. The van der Waals surface area contributed by atoms with Crippen LogP contribution in [0.4, 0.5) is 0 Å². The van der Waals surface area contributed by atoms with Crippen LogP contribution in [0.2, 0.25) is 0 Å². The second kappa shape index (κ2) is 10.0. The zero-order valence-corrected chi connectivity index (χ0v) is 19.9. The first-order valence-corrected chi connectivity index (χ1v) is 11.7. The number of likely N-dealkylation sites (tertiary alicyclic amines) is 1. The van der Waals surface area contributed by atoms with Crippen LogP contribution >= 0.6 is 0 Å². The zero-order valence-electron chi connectivity index (χ0n) is 19.9. The summed E-state index contributed by atoms with van der Waals surface area (Å²) >= 11 is 0. The minimum atomic E-state index is -0.0682. The number of hydrogen-bond acceptors (Lipinski definition) is 6. The van der Waals surface area contributed by atoms with E-state index in [1.165, 1.54) is 0 Å². The molecular weight excluding hydrogens is 444 g/mol. The monoisotopic (exact) mass is 472 g/mol. The van der Waals surface area contributed by atoms with E-state index in [4.69, 9.17) is 13.9 Å². The van der Waals surface area contributed by atoms with Crippen LogP contribution in [0, 0.1) is 0 Å². The molecule has 1 saturated heterocycles. The molecule has 0 bridgehead atoms. The molecule has 1 fully saturated rings. The summed E-state index contributed by atoms with van der Waals surface area (Å²) in [5, 5.41) is 7.25. The van der Waals surface area contributed by atoms with Crippen LogP contribution in [-0.2, 0) is 6.42 Å². The van der Waals surface area contributed by atoms with E-state index in [-0.39, 0.29) is 11.8 Å². The molecule has 5 rings (SSSR count). The number of nitrogens with zero attached hydrogens (tertiary/aromatic N) is 3. The van der Waals surface area contributed by atoms with Crippen molar-refractivity contribution in [1.82, 2.24) is 20.1 Å². The van der Waals surface area contributed by atoms with Crippen LogP contribution in [0.25, 0.3) is 11.3 Å². The molecule has 0 aliphatic carbocycles. The van der Waals surface area contributed by atoms with Gasteiger partial charge in [0.25, 0.3) is 5.91 Å². The zero-order chi connectivity index (χ0) is 24.2. The third kappa shape index (κ3) is 5.06. The number of carbonyl (C=O) groups is 1. The molecule has 3 heterocycles. The van der Waals surface area contributed by atoms with Gasteiger partial charge in [-0.25, -0.2) is 4.98 Å². The topological polar surface area (TPSA) is 93.5 Å². The van der Waals surface area contributed by atoms with Gasteiger partial charge in [0.05, 0.1) is 32.0 Å². The Kier molecular flexibility index (Phi) is 6.52. The summed E-state index contributed by atoms with van der Waals surface area (Å²) in [7, 11) is 3.28. The highest BCUT2D eigenvalue weighted by molar-refractivity contribution is 5.93. The fourth-order valence-corrected chi connectivity index (χ4v) is 4.43. The van der Waals surface area contributed by atoms with Crippen molar-refractivity contribution in [2.45, 2.75) is 25.2 Å². The van der Waals surface area contributed by atoms with Crippen molar-refractivity contribution in [2.75, 3.05) is 27.3 Å². The molecule has 0 saturated carbocycles. The number of benzene rings is 2. The second-order valence-corrected chi connectivity index (χ2v) is 8.68. The van der Waals surface area contributed by atoms with Crippen molar-refractivity contribution in [2.24, 2.45) is 0 Å². The Bertz CT molecular complexity index is 1290. The molecule has 2 aromatic carbocycles. The Labute approximate surface area is 203 Å². The van der Waals surface area contributed by atoms with Crippen molar-refractivity contribution < 1.29 is 18.7 Å². The van der Waals surface area contributed by atoms with Gasteiger partial charge in [0.1, 0.15) is 23.0 Å². The highest BCUT2D eigenvalue weighted by Crippen LogP contribution is 2.29. The number of ether oxygens (including phenoxy) is 2. The van der Waals surface area contributed by atoms with Gasteiger partial charge in [0, 0.05) is 25.1 Å². The van der Waals surface area contributed by atoms with E-state index in [1.807, 2.05) is 53.4 Å². The predicted molar refractivity (Wildman–Crippen MR) is 131 cm³/mol. The molecular formula is C27H28N4O4. The van der Waals surface area contributed by atoms with Crippen molar-refractivity contribution in [3.63, 3.8) is 0 Å². The molecule has 0 radical (unpaired) electrons. The lowest BCUT2D eigenvalue weighted by Crippen LogP contribution is -2.39. The summed E-state index contributed by atoms with van der Waals surface area (Å²) in [6, 6.07) is 17.3. The third-order valence-electron chi connectivity index (χ3n) is 6.34. The van der Waals surface area contributed by atoms with Gasteiger partial charge in [-0.3, -0.25) is 9.89 Å². The predicted octanol–water partition coefficient (Wildman–Crippen LogP) is 4.69. The highest BCUT2D eigenvalue weighted by Gasteiger charge is 2.29. The van der Waals surface area contributed by atoms with Gasteiger partial charge in [0.15, 0.2) is 5.89 Å². The van der Waals surface area contributed by atoms with Gasteiger partial charge in [-0.15, -0.1) is 0 Å². The largest absolute Gasteiger partial charge is 0.497 e. The number of hydrogen-bond donors (Lipinski definition) is 1. The molecule has 4 aromatic rings. The van der Waals surface area contributed by atoms with Crippen molar-refractivity contribution >= 4 is 5.91 Å². The number of aromatic nitrogens is 3. The Morgan fingerprint density at radius 2 is 1.94 bits per heavy atom. The molecule has 1 amide bonds. The fraction of sp³-hybridized carbons (Fsp3) is 0.296. The lowest BCUT2D eigenvalue weighted by Gasteiger charge is -2.30. The number of H-pyrrole nitrogens is 1. The SMILES string of the molecule is COc1ccc(Cc2cnc([C@@H]3CCCN(C(=O)c4cc(-c5cccc(OC)c5)n[nH]4)C3)o2)cc1. The van der Waals surface area contributed by atoms with Gasteiger partial charge in [-0.1, -0.05) is 24.3 Å². The summed E-state index contributed by atoms with van der Waals surface area (Å²) in [6.07, 6.45) is 4.27. The molecule has 2 aromatic heterocycles. The lowest BCUT2D eigenvalue weighted by atomic mass is 9.97. The molecule has 180 valence electrons. The van der Waals surface area contributed by atoms with Crippen molar-refractivity contribution in [1.29, 1.82) is 0 Å². The minimum Gasteiger partial charge on any atom is -0.497 e. The number of aromatic amines is 1. The third-order valence-corrected chi connectivity index (χ3v) is 6.34. The van der Waals surface area contributed by atoms with Crippen LogP contribution in [-0.4, -0.2) is 53.3 Å². The highest BCUT2D eigenvalue weighted by atomic mass is 16.5. The molecule has 8 heteroatoms. The van der Waals surface area contributed by atoms with Crippen molar-refractivity contribution in [3.8, 4) is 22.8 Å². The van der Waals surface area contributed by atoms with Crippen molar-refractivity contribution in [3.05, 3.63) is 83.7 Å². The number of rotatable bonds is 7. The molecule has 0 spiro atoms. The molecule has 35 heavy (non-hydrogen) atoms. The number of carbonyl (C=O) groups excluding carboxylic acids is 1. The maximum absolute atomic E-state index is 13.2. The number of piperidine rings is 1. The van der Waals surface area contributed by atoms with Crippen LogP contribution in [0.5, 0.6) is 11.5 Å². The molecule has 0 unspecified atom stereocenters. The van der Waals surface area contributed by atoms with Crippen LogP contribution in [0.1, 0.15) is 46.5 Å². The number of methoxy groups -OCH3 is 2. The van der Waals surface area contributed by atoms with E-state index in [0.717, 1.165) is 41.2 Å². The summed E-state index contributed by atoms with van der Waals surface area (Å²) < 4.78 is 16.6. The minimum absolute atomic E-state index is 0.0677. The van der Waals surface area contributed by atoms with Gasteiger partial charge in [-0.2, -0.15) is 5.10 Å². The standard InChI is InChI=1S/C27H28N4O4/c1-33-21-10-8-18(9-11-21)13-23-16-28-26(35-23)20-6-4-12-31(17-20)27(32)25-15-24(29-30-25)19-5-3-7-22(14-19)34-2/h3,5,7-11,14-16,20H,4,6,12-13,17H2,1-2H3,(H,29,30)/t20-/m1/s1. The average Bonchev–Trinajstić information content (AvgIpc) is 3.59. The average molecular weight is 473 g/mol. The van der Waals surface area contributed by atoms with E-state index >= 15 is 0 Å².